The SMILES string of the molecule is Cc1cc(S(=O)(=O)N(C)c2ccccc2C#CC(=O)NCCC2CCN(c3ccccn3)CC2)c(C)cc1Cl. The zero-order valence-electron chi connectivity index (χ0n) is 22.4. The minimum atomic E-state index is -3.87. The quantitative estimate of drug-likeness (QED) is 0.411. The van der Waals surface area contributed by atoms with Crippen LogP contribution in [0.1, 0.15) is 36.0 Å². The van der Waals surface area contributed by atoms with Crippen LogP contribution in [-0.4, -0.2) is 46.0 Å². The van der Waals surface area contributed by atoms with Crippen LogP contribution in [0.15, 0.2) is 65.7 Å². The minimum absolute atomic E-state index is 0.179. The third kappa shape index (κ3) is 6.92. The number of carbonyl (C=O) groups excluding carboxylic acids is 1. The number of amides is 1. The molecule has 3 aromatic rings. The number of benzene rings is 2. The fraction of sp³-hybridized carbons (Fsp3) is 0.333. The van der Waals surface area contributed by atoms with Gasteiger partial charge < -0.3 is 10.2 Å². The van der Waals surface area contributed by atoms with Crippen LogP contribution in [-0.2, 0) is 14.8 Å². The summed E-state index contributed by atoms with van der Waals surface area (Å²) in [5, 5.41) is 3.40. The highest BCUT2D eigenvalue weighted by Crippen LogP contribution is 2.30. The van der Waals surface area contributed by atoms with E-state index in [0.717, 1.165) is 38.2 Å². The standard InChI is InChI=1S/C30H33ClN4O3S/c1-22-21-28(23(2)20-26(22)31)39(37,38)34(3)27-9-5-4-8-25(27)11-12-30(36)33-17-13-24-14-18-35(19-15-24)29-10-6-7-16-32-29/h4-10,16,20-21,24H,13-15,17-19H2,1-3H3,(H,33,36). The van der Waals surface area contributed by atoms with Gasteiger partial charge in [-0.05, 0) is 86.6 Å². The van der Waals surface area contributed by atoms with Crippen molar-refractivity contribution in [2.24, 2.45) is 5.92 Å². The molecule has 7 nitrogen and oxygen atoms in total. The zero-order chi connectivity index (χ0) is 28.0. The first kappa shape index (κ1) is 28.5. The van der Waals surface area contributed by atoms with Gasteiger partial charge in [0.15, 0.2) is 0 Å². The molecule has 1 aromatic heterocycles. The second kappa shape index (κ2) is 12.5. The van der Waals surface area contributed by atoms with Gasteiger partial charge in [-0.25, -0.2) is 13.4 Å². The monoisotopic (exact) mass is 564 g/mol. The summed E-state index contributed by atoms with van der Waals surface area (Å²) in [5.74, 6) is 6.65. The molecule has 0 bridgehead atoms. The predicted molar refractivity (Wildman–Crippen MR) is 157 cm³/mol. The molecule has 1 saturated heterocycles. The Morgan fingerprint density at radius 2 is 1.82 bits per heavy atom. The maximum absolute atomic E-state index is 13.4. The van der Waals surface area contributed by atoms with Gasteiger partial charge in [0, 0.05) is 49.4 Å². The van der Waals surface area contributed by atoms with E-state index in [2.05, 4.69) is 27.0 Å². The summed E-state index contributed by atoms with van der Waals surface area (Å²) in [4.78, 5) is 19.4. The minimum Gasteiger partial charge on any atom is -0.357 e. The number of aromatic nitrogens is 1. The molecule has 1 aliphatic rings. The molecule has 4 rings (SSSR count). The average Bonchev–Trinajstić information content (AvgIpc) is 2.94. The number of rotatable bonds is 7. The number of carbonyl (C=O) groups is 1. The van der Waals surface area contributed by atoms with Gasteiger partial charge in [-0.3, -0.25) is 9.10 Å². The van der Waals surface area contributed by atoms with Crippen LogP contribution >= 0.6 is 11.6 Å². The molecule has 0 spiro atoms. The Kier molecular flexibility index (Phi) is 9.16. The lowest BCUT2D eigenvalue weighted by Crippen LogP contribution is -2.35. The fourth-order valence-corrected chi connectivity index (χ4v) is 6.44. The number of halogens is 1. The van der Waals surface area contributed by atoms with Crippen LogP contribution in [0.25, 0.3) is 0 Å². The van der Waals surface area contributed by atoms with Crippen molar-refractivity contribution < 1.29 is 13.2 Å². The van der Waals surface area contributed by atoms with Crippen molar-refractivity contribution in [3.63, 3.8) is 0 Å². The van der Waals surface area contributed by atoms with Crippen molar-refractivity contribution >= 4 is 39.0 Å². The number of anilines is 2. The lowest BCUT2D eigenvalue weighted by molar-refractivity contribution is -0.115. The Bertz CT molecular complexity index is 1490. The highest BCUT2D eigenvalue weighted by molar-refractivity contribution is 7.92. The maximum Gasteiger partial charge on any atom is 0.296 e. The molecule has 0 unspecified atom stereocenters. The maximum atomic E-state index is 13.4. The number of hydrogen-bond donors (Lipinski definition) is 1. The molecule has 9 heteroatoms. The number of pyridine rings is 1. The number of nitrogens with one attached hydrogen (secondary N) is 1. The average molecular weight is 565 g/mol. The second-order valence-corrected chi connectivity index (χ2v) is 12.1. The summed E-state index contributed by atoms with van der Waals surface area (Å²) in [7, 11) is -2.39. The summed E-state index contributed by atoms with van der Waals surface area (Å²) in [5.41, 5.74) is 2.08. The van der Waals surface area contributed by atoms with E-state index in [-0.39, 0.29) is 10.8 Å². The largest absolute Gasteiger partial charge is 0.357 e. The summed E-state index contributed by atoms with van der Waals surface area (Å²) in [6, 6.07) is 16.1. The predicted octanol–water partition coefficient (Wildman–Crippen LogP) is 4.95. The number of sulfonamides is 1. The van der Waals surface area contributed by atoms with Crippen molar-refractivity contribution in [3.8, 4) is 11.8 Å². The van der Waals surface area contributed by atoms with Crippen LogP contribution < -0.4 is 14.5 Å². The molecule has 1 amide bonds. The van der Waals surface area contributed by atoms with Gasteiger partial charge in [0.1, 0.15) is 5.82 Å². The van der Waals surface area contributed by atoms with Gasteiger partial charge in [0.25, 0.3) is 15.9 Å². The van der Waals surface area contributed by atoms with Crippen LogP contribution in [0.5, 0.6) is 0 Å². The first-order valence-corrected chi connectivity index (χ1v) is 14.8. The normalized spacial score (nSPS) is 13.9. The summed E-state index contributed by atoms with van der Waals surface area (Å²) >= 11 is 6.17. The summed E-state index contributed by atoms with van der Waals surface area (Å²) in [6.07, 6.45) is 4.81. The van der Waals surface area contributed by atoms with E-state index in [0.29, 0.717) is 39.9 Å². The molecule has 0 aliphatic carbocycles. The van der Waals surface area contributed by atoms with Crippen LogP contribution in [0.2, 0.25) is 5.02 Å². The Hall–Kier alpha value is -3.54. The molecule has 1 N–H and O–H groups in total. The molecule has 39 heavy (non-hydrogen) atoms. The van der Waals surface area contributed by atoms with E-state index < -0.39 is 10.0 Å². The molecule has 2 aromatic carbocycles. The molecular formula is C30H33ClN4O3S. The summed E-state index contributed by atoms with van der Waals surface area (Å²) in [6.45, 7) is 5.94. The van der Waals surface area contributed by atoms with Crippen LogP contribution in [0, 0.1) is 31.6 Å². The zero-order valence-corrected chi connectivity index (χ0v) is 24.0. The Morgan fingerprint density at radius 3 is 2.54 bits per heavy atom. The van der Waals surface area contributed by atoms with Gasteiger partial charge >= 0.3 is 0 Å². The first-order valence-electron chi connectivity index (χ1n) is 13.0. The topological polar surface area (TPSA) is 82.6 Å². The van der Waals surface area contributed by atoms with Crippen molar-refractivity contribution in [1.82, 2.24) is 10.3 Å². The van der Waals surface area contributed by atoms with Gasteiger partial charge in [-0.2, -0.15) is 0 Å². The molecule has 1 fully saturated rings. The van der Waals surface area contributed by atoms with E-state index in [1.165, 1.54) is 11.4 Å². The van der Waals surface area contributed by atoms with E-state index >= 15 is 0 Å². The van der Waals surface area contributed by atoms with E-state index in [4.69, 9.17) is 11.6 Å². The van der Waals surface area contributed by atoms with Crippen molar-refractivity contribution in [1.29, 1.82) is 0 Å². The Labute approximate surface area is 236 Å². The fourth-order valence-electron chi connectivity index (χ4n) is 4.71. The Balaban J connectivity index is 1.35. The Morgan fingerprint density at radius 1 is 1.10 bits per heavy atom. The van der Waals surface area contributed by atoms with Crippen LogP contribution in [0.4, 0.5) is 11.5 Å². The summed E-state index contributed by atoms with van der Waals surface area (Å²) < 4.78 is 28.1. The number of nitrogens with zero attached hydrogens (tertiary/aromatic N) is 3. The van der Waals surface area contributed by atoms with Gasteiger partial charge in [0.2, 0.25) is 0 Å². The van der Waals surface area contributed by atoms with Gasteiger partial charge in [0.05, 0.1) is 10.6 Å². The second-order valence-electron chi connectivity index (χ2n) is 9.77. The van der Waals surface area contributed by atoms with Crippen LogP contribution in [0.3, 0.4) is 0 Å². The van der Waals surface area contributed by atoms with E-state index in [1.54, 1.807) is 50.2 Å². The molecule has 0 saturated carbocycles. The molecule has 0 radical (unpaired) electrons. The highest BCUT2D eigenvalue weighted by Gasteiger charge is 2.25. The lowest BCUT2D eigenvalue weighted by atomic mass is 9.93. The number of piperidine rings is 1. The van der Waals surface area contributed by atoms with Crippen molar-refractivity contribution in [2.45, 2.75) is 38.0 Å². The number of aryl methyl sites for hydroxylation is 2. The molecule has 204 valence electrons. The lowest BCUT2D eigenvalue weighted by Gasteiger charge is -2.32. The first-order chi connectivity index (χ1) is 18.7. The van der Waals surface area contributed by atoms with Gasteiger partial charge in [-0.1, -0.05) is 35.7 Å². The smallest absolute Gasteiger partial charge is 0.296 e. The molecular weight excluding hydrogens is 532 g/mol. The highest BCUT2D eigenvalue weighted by atomic mass is 35.5. The van der Waals surface area contributed by atoms with Gasteiger partial charge in [-0.15, -0.1) is 0 Å². The van der Waals surface area contributed by atoms with E-state index in [1.807, 2.05) is 24.4 Å². The van der Waals surface area contributed by atoms with Crippen molar-refractivity contribution in [3.05, 3.63) is 82.5 Å². The van der Waals surface area contributed by atoms with E-state index in [9.17, 15) is 13.2 Å². The third-order valence-corrected chi connectivity index (χ3v) is 9.40. The molecule has 2 heterocycles. The molecule has 0 atom stereocenters. The van der Waals surface area contributed by atoms with Crippen molar-refractivity contribution in [2.75, 3.05) is 35.9 Å². The number of para-hydroxylation sites is 1. The molecule has 1 aliphatic heterocycles. The number of hydrogen-bond acceptors (Lipinski definition) is 5. The third-order valence-electron chi connectivity index (χ3n) is 7.07.